The van der Waals surface area contributed by atoms with E-state index in [0.29, 0.717) is 30.9 Å². The summed E-state index contributed by atoms with van der Waals surface area (Å²) in [6.45, 7) is 1.81. The predicted octanol–water partition coefficient (Wildman–Crippen LogP) is 5.44. The largest absolute Gasteiger partial charge is 0.481 e. The van der Waals surface area contributed by atoms with Crippen LogP contribution in [0.2, 0.25) is 0 Å². The van der Waals surface area contributed by atoms with Crippen LogP contribution in [0.15, 0.2) is 30.6 Å². The highest BCUT2D eigenvalue weighted by molar-refractivity contribution is 5.73. The molecule has 1 N–H and O–H groups in total. The maximum Gasteiger partial charge on any atom is 0.416 e. The van der Waals surface area contributed by atoms with Crippen molar-refractivity contribution in [2.24, 2.45) is 5.92 Å². The van der Waals surface area contributed by atoms with Gasteiger partial charge in [-0.1, -0.05) is 13.0 Å². The number of hydrogen-bond donors (Lipinski definition) is 1. The van der Waals surface area contributed by atoms with Crippen LogP contribution in [-0.2, 0) is 17.4 Å². The number of nitrogens with zero attached hydrogens (tertiary/aromatic N) is 1. The van der Waals surface area contributed by atoms with E-state index in [1.54, 1.807) is 13.1 Å². The quantitative estimate of drug-likeness (QED) is 0.718. The fourth-order valence-electron chi connectivity index (χ4n) is 3.95. The van der Waals surface area contributed by atoms with Gasteiger partial charge in [0.1, 0.15) is 5.82 Å². The summed E-state index contributed by atoms with van der Waals surface area (Å²) in [6, 6.07) is 2.46. The number of alkyl halides is 3. The van der Waals surface area contributed by atoms with Crippen molar-refractivity contribution in [1.82, 2.24) is 4.98 Å². The van der Waals surface area contributed by atoms with Gasteiger partial charge in [0.05, 0.1) is 11.5 Å². The van der Waals surface area contributed by atoms with E-state index in [1.165, 1.54) is 6.20 Å². The Hall–Kier alpha value is -2.44. The Kier molecular flexibility index (Phi) is 5.22. The second kappa shape index (κ2) is 7.29. The highest BCUT2D eigenvalue weighted by Crippen LogP contribution is 2.42. The minimum absolute atomic E-state index is 0.0522. The van der Waals surface area contributed by atoms with Crippen molar-refractivity contribution in [3.63, 3.8) is 0 Å². The molecule has 2 atom stereocenters. The van der Waals surface area contributed by atoms with Gasteiger partial charge in [-0.25, -0.2) is 4.39 Å². The van der Waals surface area contributed by atoms with Gasteiger partial charge in [0.2, 0.25) is 0 Å². The zero-order valence-electron chi connectivity index (χ0n) is 14.7. The minimum atomic E-state index is -4.62. The van der Waals surface area contributed by atoms with E-state index in [1.807, 2.05) is 0 Å². The van der Waals surface area contributed by atoms with Gasteiger partial charge in [0.15, 0.2) is 0 Å². The van der Waals surface area contributed by atoms with E-state index < -0.39 is 29.4 Å². The molecule has 7 heteroatoms. The third-order valence-corrected chi connectivity index (χ3v) is 5.26. The van der Waals surface area contributed by atoms with Crippen molar-refractivity contribution >= 4 is 5.97 Å². The van der Waals surface area contributed by atoms with Crippen molar-refractivity contribution in [3.05, 3.63) is 53.1 Å². The molecule has 0 bridgehead atoms. The first-order chi connectivity index (χ1) is 12.7. The lowest BCUT2D eigenvalue weighted by Crippen LogP contribution is -2.25. The van der Waals surface area contributed by atoms with Gasteiger partial charge in [0, 0.05) is 23.5 Å². The molecule has 27 heavy (non-hydrogen) atoms. The Labute approximate surface area is 154 Å². The summed E-state index contributed by atoms with van der Waals surface area (Å²) in [7, 11) is 0. The molecule has 0 amide bonds. The number of halogens is 4. The fourth-order valence-corrected chi connectivity index (χ4v) is 3.95. The molecule has 0 fully saturated rings. The number of carboxylic acid groups (broad SMARTS) is 1. The van der Waals surface area contributed by atoms with E-state index in [9.17, 15) is 27.5 Å². The average molecular weight is 381 g/mol. The van der Waals surface area contributed by atoms with E-state index in [-0.39, 0.29) is 11.5 Å². The minimum Gasteiger partial charge on any atom is -0.481 e. The third kappa shape index (κ3) is 3.68. The number of hydrogen-bond acceptors (Lipinski definition) is 2. The smallest absolute Gasteiger partial charge is 0.416 e. The average Bonchev–Trinajstić information content (AvgIpc) is 2.61. The van der Waals surface area contributed by atoms with Crippen molar-refractivity contribution in [3.8, 4) is 11.1 Å². The van der Waals surface area contributed by atoms with Gasteiger partial charge in [0.25, 0.3) is 0 Å². The molecule has 1 aromatic heterocycles. The molecule has 144 valence electrons. The van der Waals surface area contributed by atoms with Crippen LogP contribution in [-0.4, -0.2) is 16.1 Å². The number of carbonyl (C=O) groups is 1. The zero-order chi connectivity index (χ0) is 19.8. The normalized spacial score (nSPS) is 18.0. The maximum absolute atomic E-state index is 14.5. The molecule has 1 aliphatic rings. The lowest BCUT2D eigenvalue weighted by atomic mass is 9.74. The Morgan fingerprint density at radius 2 is 2.04 bits per heavy atom. The Bertz CT molecular complexity index is 864. The van der Waals surface area contributed by atoms with Crippen molar-refractivity contribution < 1.29 is 27.5 Å². The van der Waals surface area contributed by atoms with Crippen LogP contribution in [0, 0.1) is 11.7 Å². The molecule has 1 aliphatic carbocycles. The van der Waals surface area contributed by atoms with Crippen molar-refractivity contribution in [1.29, 1.82) is 0 Å². The monoisotopic (exact) mass is 381 g/mol. The van der Waals surface area contributed by atoms with Crippen molar-refractivity contribution in [2.75, 3.05) is 0 Å². The van der Waals surface area contributed by atoms with E-state index in [2.05, 4.69) is 4.98 Å². The second-order valence-electron chi connectivity index (χ2n) is 6.80. The zero-order valence-corrected chi connectivity index (χ0v) is 14.7. The summed E-state index contributed by atoms with van der Waals surface area (Å²) in [5.41, 5.74) is 0.975. The molecule has 0 aliphatic heterocycles. The molecule has 0 saturated heterocycles. The van der Waals surface area contributed by atoms with E-state index in [4.69, 9.17) is 0 Å². The Balaban J connectivity index is 2.09. The van der Waals surface area contributed by atoms with Gasteiger partial charge in [-0.05, 0) is 54.9 Å². The van der Waals surface area contributed by atoms with E-state index in [0.717, 1.165) is 29.7 Å². The van der Waals surface area contributed by atoms with Crippen molar-refractivity contribution in [2.45, 2.75) is 44.7 Å². The molecule has 0 spiro atoms. The fraction of sp³-hybridized carbons (Fsp3) is 0.400. The first-order valence-corrected chi connectivity index (χ1v) is 8.80. The molecule has 3 nitrogen and oxygen atoms in total. The van der Waals surface area contributed by atoms with Crippen LogP contribution in [0.1, 0.15) is 48.8 Å². The van der Waals surface area contributed by atoms with Gasteiger partial charge >= 0.3 is 12.1 Å². The van der Waals surface area contributed by atoms with Gasteiger partial charge in [-0.2, -0.15) is 13.2 Å². The summed E-state index contributed by atoms with van der Waals surface area (Å²) in [5.74, 6) is -2.66. The molecule has 1 heterocycles. The molecule has 0 saturated carbocycles. The maximum atomic E-state index is 14.5. The SMILES string of the molecule is CCC(C(=O)O)C1CCCc2c(-c3ccc(C(F)(F)F)cc3F)cncc21. The van der Waals surface area contributed by atoms with Crippen LogP contribution >= 0.6 is 0 Å². The van der Waals surface area contributed by atoms with Crippen LogP contribution < -0.4 is 0 Å². The number of benzene rings is 1. The standard InChI is InChI=1S/C20H19F4NO2/c1-2-12(19(26)27)13-4-3-5-14-16(13)9-25-10-17(14)15-7-6-11(8-18(15)21)20(22,23)24/h6-10,12-13H,2-5H2,1H3,(H,26,27). The summed E-state index contributed by atoms with van der Waals surface area (Å²) in [5, 5.41) is 9.50. The third-order valence-electron chi connectivity index (χ3n) is 5.26. The predicted molar refractivity (Wildman–Crippen MR) is 91.7 cm³/mol. The lowest BCUT2D eigenvalue weighted by Gasteiger charge is -2.30. The summed E-state index contributed by atoms with van der Waals surface area (Å²) < 4.78 is 52.9. The first-order valence-electron chi connectivity index (χ1n) is 8.80. The molecule has 0 radical (unpaired) electrons. The Morgan fingerprint density at radius 1 is 1.30 bits per heavy atom. The van der Waals surface area contributed by atoms with Crippen LogP contribution in [0.25, 0.3) is 11.1 Å². The highest BCUT2D eigenvalue weighted by Gasteiger charge is 2.34. The summed E-state index contributed by atoms with van der Waals surface area (Å²) in [4.78, 5) is 15.7. The number of aliphatic carboxylic acids is 1. The van der Waals surface area contributed by atoms with Gasteiger partial charge < -0.3 is 5.11 Å². The molecule has 2 aromatic rings. The lowest BCUT2D eigenvalue weighted by molar-refractivity contribution is -0.143. The number of aromatic nitrogens is 1. The van der Waals surface area contributed by atoms with Crippen LogP contribution in [0.3, 0.4) is 0 Å². The number of fused-ring (bicyclic) bond motifs is 1. The molecular formula is C20H19F4NO2. The molecule has 3 rings (SSSR count). The number of carboxylic acids is 1. The molecule has 2 unspecified atom stereocenters. The van der Waals surface area contributed by atoms with Crippen LogP contribution in [0.5, 0.6) is 0 Å². The number of rotatable bonds is 4. The molecule has 1 aromatic carbocycles. The van der Waals surface area contributed by atoms with Crippen LogP contribution in [0.4, 0.5) is 17.6 Å². The van der Waals surface area contributed by atoms with Gasteiger partial charge in [-0.15, -0.1) is 0 Å². The topological polar surface area (TPSA) is 50.2 Å². The first kappa shape index (κ1) is 19.3. The molecular weight excluding hydrogens is 362 g/mol. The highest BCUT2D eigenvalue weighted by atomic mass is 19.4. The van der Waals surface area contributed by atoms with Gasteiger partial charge in [-0.3, -0.25) is 9.78 Å². The van der Waals surface area contributed by atoms with E-state index >= 15 is 0 Å². The summed E-state index contributed by atoms with van der Waals surface area (Å²) in [6.07, 6.45) is 0.928. The number of pyridine rings is 1. The summed E-state index contributed by atoms with van der Waals surface area (Å²) >= 11 is 0. The Morgan fingerprint density at radius 3 is 2.63 bits per heavy atom. The second-order valence-corrected chi connectivity index (χ2v) is 6.80.